The van der Waals surface area contributed by atoms with Gasteiger partial charge >= 0.3 is 0 Å². The lowest BCUT2D eigenvalue weighted by atomic mass is 9.70. The van der Waals surface area contributed by atoms with E-state index in [4.69, 9.17) is 10.5 Å². The van der Waals surface area contributed by atoms with Crippen molar-refractivity contribution in [1.82, 2.24) is 0 Å². The number of hydrogen-bond acceptors (Lipinski definition) is 2. The van der Waals surface area contributed by atoms with Gasteiger partial charge in [-0.2, -0.15) is 0 Å². The molecule has 2 heteroatoms. The minimum absolute atomic E-state index is 0.0731. The van der Waals surface area contributed by atoms with Crippen molar-refractivity contribution in [1.29, 1.82) is 0 Å². The smallest absolute Gasteiger partial charge is 0.0575 e. The molecule has 18 heavy (non-hydrogen) atoms. The third-order valence-corrected chi connectivity index (χ3v) is 4.51. The van der Waals surface area contributed by atoms with E-state index in [1.54, 1.807) is 0 Å². The fraction of sp³-hybridized carbons (Fsp3) is 0.625. The molecule has 2 aliphatic carbocycles. The van der Waals surface area contributed by atoms with Gasteiger partial charge in [0.15, 0.2) is 0 Å². The van der Waals surface area contributed by atoms with Crippen LogP contribution in [0.25, 0.3) is 0 Å². The maximum atomic E-state index is 6.11. The Hall–Kier alpha value is -0.860. The van der Waals surface area contributed by atoms with Crippen LogP contribution in [-0.4, -0.2) is 19.8 Å². The van der Waals surface area contributed by atoms with Crippen molar-refractivity contribution in [2.24, 2.45) is 11.7 Å². The average molecular weight is 245 g/mol. The van der Waals surface area contributed by atoms with Crippen molar-refractivity contribution >= 4 is 0 Å². The molecule has 3 rings (SSSR count). The maximum absolute atomic E-state index is 6.11. The Morgan fingerprint density at radius 3 is 2.89 bits per heavy atom. The molecule has 1 aromatic rings. The van der Waals surface area contributed by atoms with E-state index in [2.05, 4.69) is 24.3 Å². The van der Waals surface area contributed by atoms with Crippen molar-refractivity contribution in [3.8, 4) is 0 Å². The van der Waals surface area contributed by atoms with Crippen LogP contribution in [0.4, 0.5) is 0 Å². The van der Waals surface area contributed by atoms with Gasteiger partial charge in [0, 0.05) is 18.6 Å². The summed E-state index contributed by atoms with van der Waals surface area (Å²) in [5.74, 6) is 0.832. The van der Waals surface area contributed by atoms with Crippen molar-refractivity contribution in [3.05, 3.63) is 35.4 Å². The molecule has 1 aromatic carbocycles. The Morgan fingerprint density at radius 2 is 2.11 bits per heavy atom. The van der Waals surface area contributed by atoms with Gasteiger partial charge in [-0.25, -0.2) is 0 Å². The van der Waals surface area contributed by atoms with Crippen LogP contribution in [0.5, 0.6) is 0 Å². The first-order chi connectivity index (χ1) is 8.84. The third kappa shape index (κ3) is 2.32. The molecule has 2 aliphatic rings. The number of rotatable bonds is 5. The quantitative estimate of drug-likeness (QED) is 0.865. The van der Waals surface area contributed by atoms with Crippen molar-refractivity contribution < 1.29 is 4.74 Å². The Morgan fingerprint density at radius 1 is 1.28 bits per heavy atom. The van der Waals surface area contributed by atoms with E-state index >= 15 is 0 Å². The molecule has 2 N–H and O–H groups in total. The van der Waals surface area contributed by atoms with E-state index < -0.39 is 0 Å². The van der Waals surface area contributed by atoms with Gasteiger partial charge in [0.25, 0.3) is 0 Å². The van der Waals surface area contributed by atoms with Gasteiger partial charge in [0.05, 0.1) is 6.61 Å². The Bertz CT molecular complexity index is 413. The van der Waals surface area contributed by atoms with Gasteiger partial charge in [-0.1, -0.05) is 24.3 Å². The van der Waals surface area contributed by atoms with E-state index in [0.29, 0.717) is 6.54 Å². The number of benzene rings is 1. The fourth-order valence-electron chi connectivity index (χ4n) is 3.13. The molecule has 1 fully saturated rings. The summed E-state index contributed by atoms with van der Waals surface area (Å²) in [6, 6.07) is 8.77. The fourth-order valence-corrected chi connectivity index (χ4v) is 3.13. The lowest BCUT2D eigenvalue weighted by molar-refractivity contribution is 0.0700. The van der Waals surface area contributed by atoms with Gasteiger partial charge in [-0.05, 0) is 49.1 Å². The summed E-state index contributed by atoms with van der Waals surface area (Å²) >= 11 is 0. The van der Waals surface area contributed by atoms with E-state index in [9.17, 15) is 0 Å². The molecule has 1 saturated carbocycles. The molecular formula is C16H23NO. The second-order valence-electron chi connectivity index (χ2n) is 5.95. The van der Waals surface area contributed by atoms with Crippen LogP contribution < -0.4 is 5.73 Å². The summed E-state index contributed by atoms with van der Waals surface area (Å²) in [6.07, 6.45) is 6.31. The molecule has 0 amide bonds. The van der Waals surface area contributed by atoms with Crippen LogP contribution in [0.3, 0.4) is 0 Å². The largest absolute Gasteiger partial charge is 0.380 e. The van der Waals surface area contributed by atoms with E-state index in [1.165, 1.54) is 43.2 Å². The second kappa shape index (κ2) is 5.02. The van der Waals surface area contributed by atoms with Gasteiger partial charge in [-0.15, -0.1) is 0 Å². The Balaban J connectivity index is 1.77. The molecular weight excluding hydrogens is 222 g/mol. The lowest BCUT2D eigenvalue weighted by Gasteiger charge is -2.38. The maximum Gasteiger partial charge on any atom is 0.0575 e. The molecule has 0 heterocycles. The summed E-state index contributed by atoms with van der Waals surface area (Å²) in [4.78, 5) is 0. The van der Waals surface area contributed by atoms with Crippen molar-refractivity contribution in [3.63, 3.8) is 0 Å². The highest BCUT2D eigenvalue weighted by atomic mass is 16.5. The predicted molar refractivity (Wildman–Crippen MR) is 73.7 cm³/mol. The monoisotopic (exact) mass is 245 g/mol. The van der Waals surface area contributed by atoms with Crippen molar-refractivity contribution in [2.45, 2.75) is 37.5 Å². The third-order valence-electron chi connectivity index (χ3n) is 4.51. The summed E-state index contributed by atoms with van der Waals surface area (Å²) in [5.41, 5.74) is 9.09. The first kappa shape index (κ1) is 12.2. The summed E-state index contributed by atoms with van der Waals surface area (Å²) < 4.78 is 5.97. The highest BCUT2D eigenvalue weighted by Gasteiger charge is 2.36. The molecule has 0 bridgehead atoms. The minimum atomic E-state index is 0.0731. The molecule has 0 aliphatic heterocycles. The van der Waals surface area contributed by atoms with E-state index in [0.717, 1.165) is 19.1 Å². The van der Waals surface area contributed by atoms with Crippen LogP contribution in [0.1, 0.15) is 36.8 Å². The summed E-state index contributed by atoms with van der Waals surface area (Å²) in [5, 5.41) is 0. The molecule has 0 saturated heterocycles. The van der Waals surface area contributed by atoms with Crippen LogP contribution >= 0.6 is 0 Å². The zero-order valence-electron chi connectivity index (χ0n) is 11.0. The van der Waals surface area contributed by atoms with E-state index in [-0.39, 0.29) is 5.41 Å². The standard InChI is InChI=1S/C16H23NO/c17-11-16(12-18-10-13-7-8-13)9-3-5-14-4-1-2-6-15(14)16/h1-2,4,6,13H,3,5,7-12,17H2. The summed E-state index contributed by atoms with van der Waals surface area (Å²) in [7, 11) is 0. The number of fused-ring (bicyclic) bond motifs is 1. The Labute approximate surface area is 110 Å². The highest BCUT2D eigenvalue weighted by molar-refractivity contribution is 5.37. The number of ether oxygens (including phenoxy) is 1. The minimum Gasteiger partial charge on any atom is -0.380 e. The van der Waals surface area contributed by atoms with Crippen LogP contribution in [-0.2, 0) is 16.6 Å². The molecule has 98 valence electrons. The molecule has 2 nitrogen and oxygen atoms in total. The van der Waals surface area contributed by atoms with Gasteiger partial charge < -0.3 is 10.5 Å². The molecule has 1 atom stereocenters. The number of hydrogen-bond donors (Lipinski definition) is 1. The molecule has 0 spiro atoms. The normalized spacial score (nSPS) is 26.9. The average Bonchev–Trinajstić information content (AvgIpc) is 3.23. The van der Waals surface area contributed by atoms with Gasteiger partial charge in [0.2, 0.25) is 0 Å². The van der Waals surface area contributed by atoms with Crippen LogP contribution in [0.2, 0.25) is 0 Å². The first-order valence-electron chi connectivity index (χ1n) is 7.20. The molecule has 1 unspecified atom stereocenters. The Kier molecular flexibility index (Phi) is 3.40. The van der Waals surface area contributed by atoms with Gasteiger partial charge in [-0.3, -0.25) is 0 Å². The van der Waals surface area contributed by atoms with Crippen LogP contribution in [0.15, 0.2) is 24.3 Å². The SMILES string of the molecule is NCC1(COCC2CC2)CCCc2ccccc21. The number of aryl methyl sites for hydroxylation is 1. The van der Waals surface area contributed by atoms with E-state index in [1.807, 2.05) is 0 Å². The summed E-state index contributed by atoms with van der Waals surface area (Å²) in [6.45, 7) is 2.44. The molecule has 0 aromatic heterocycles. The zero-order chi connectivity index (χ0) is 12.4. The number of nitrogens with two attached hydrogens (primary N) is 1. The predicted octanol–water partition coefficient (Wildman–Crippen LogP) is 2.65. The van der Waals surface area contributed by atoms with Gasteiger partial charge in [0.1, 0.15) is 0 Å². The highest BCUT2D eigenvalue weighted by Crippen LogP contribution is 2.37. The van der Waals surface area contributed by atoms with Crippen LogP contribution in [0, 0.1) is 5.92 Å². The molecule has 0 radical (unpaired) electrons. The van der Waals surface area contributed by atoms with Crippen molar-refractivity contribution in [2.75, 3.05) is 19.8 Å². The zero-order valence-corrected chi connectivity index (χ0v) is 11.0. The second-order valence-corrected chi connectivity index (χ2v) is 5.95. The first-order valence-corrected chi connectivity index (χ1v) is 7.20. The topological polar surface area (TPSA) is 35.2 Å². The lowest BCUT2D eigenvalue weighted by Crippen LogP contribution is -2.42.